The van der Waals surface area contributed by atoms with Crippen molar-refractivity contribution in [2.75, 3.05) is 22.5 Å². The van der Waals surface area contributed by atoms with E-state index in [2.05, 4.69) is 16.0 Å². The number of para-hydroxylation sites is 1. The summed E-state index contributed by atoms with van der Waals surface area (Å²) in [4.78, 5) is 23.0. The standard InChI is InChI=1S/C17H19N3O2/c1-12-6-3-4-9-16(12)18-11-17(22)20-15-8-5-7-14(10-15)19-13(2)21/h3-10,18H,11H2,1-2H3,(H,19,21)(H,20,22). The summed E-state index contributed by atoms with van der Waals surface area (Å²) in [6.07, 6.45) is 0. The highest BCUT2D eigenvalue weighted by atomic mass is 16.2. The normalized spacial score (nSPS) is 9.91. The van der Waals surface area contributed by atoms with Crippen molar-refractivity contribution in [3.8, 4) is 0 Å². The van der Waals surface area contributed by atoms with E-state index in [1.165, 1.54) is 6.92 Å². The highest BCUT2D eigenvalue weighted by Crippen LogP contribution is 2.15. The van der Waals surface area contributed by atoms with Gasteiger partial charge in [-0.05, 0) is 36.8 Å². The first kappa shape index (κ1) is 15.6. The quantitative estimate of drug-likeness (QED) is 0.794. The lowest BCUT2D eigenvalue weighted by molar-refractivity contribution is -0.115. The molecule has 2 rings (SSSR count). The average Bonchev–Trinajstić information content (AvgIpc) is 2.46. The van der Waals surface area contributed by atoms with Gasteiger partial charge in [0.2, 0.25) is 11.8 Å². The molecule has 0 saturated carbocycles. The maximum atomic E-state index is 12.0. The summed E-state index contributed by atoms with van der Waals surface area (Å²) in [5.74, 6) is -0.298. The third kappa shape index (κ3) is 4.63. The number of hydrogen-bond acceptors (Lipinski definition) is 3. The third-order valence-corrected chi connectivity index (χ3v) is 3.05. The Kier molecular flexibility index (Phi) is 5.14. The van der Waals surface area contributed by atoms with E-state index in [1.807, 2.05) is 31.2 Å². The maximum Gasteiger partial charge on any atom is 0.243 e. The molecule has 0 atom stereocenters. The first-order valence-corrected chi connectivity index (χ1v) is 7.01. The van der Waals surface area contributed by atoms with Crippen molar-refractivity contribution < 1.29 is 9.59 Å². The number of benzene rings is 2. The molecule has 0 heterocycles. The van der Waals surface area contributed by atoms with Crippen LogP contribution in [0.15, 0.2) is 48.5 Å². The topological polar surface area (TPSA) is 70.2 Å². The van der Waals surface area contributed by atoms with Gasteiger partial charge in [0.05, 0.1) is 6.54 Å². The van der Waals surface area contributed by atoms with Crippen molar-refractivity contribution in [2.45, 2.75) is 13.8 Å². The highest BCUT2D eigenvalue weighted by Gasteiger charge is 2.04. The zero-order valence-corrected chi connectivity index (χ0v) is 12.6. The molecule has 0 spiro atoms. The molecule has 0 bridgehead atoms. The monoisotopic (exact) mass is 297 g/mol. The molecule has 0 aromatic heterocycles. The van der Waals surface area contributed by atoms with E-state index >= 15 is 0 Å². The molecule has 0 fully saturated rings. The molecule has 2 amide bonds. The Hall–Kier alpha value is -2.82. The van der Waals surface area contributed by atoms with Gasteiger partial charge in [-0.1, -0.05) is 24.3 Å². The second-order valence-electron chi connectivity index (χ2n) is 4.98. The van der Waals surface area contributed by atoms with Crippen LogP contribution in [0.4, 0.5) is 17.1 Å². The summed E-state index contributed by atoms with van der Waals surface area (Å²) >= 11 is 0. The van der Waals surface area contributed by atoms with Gasteiger partial charge >= 0.3 is 0 Å². The molecule has 0 aliphatic heterocycles. The van der Waals surface area contributed by atoms with Crippen LogP contribution in [0.25, 0.3) is 0 Å². The van der Waals surface area contributed by atoms with E-state index in [-0.39, 0.29) is 18.4 Å². The van der Waals surface area contributed by atoms with Gasteiger partial charge in [-0.15, -0.1) is 0 Å². The SMILES string of the molecule is CC(=O)Nc1cccc(NC(=O)CNc2ccccc2C)c1. The molecule has 0 unspecified atom stereocenters. The Morgan fingerprint density at radius 3 is 2.32 bits per heavy atom. The highest BCUT2D eigenvalue weighted by molar-refractivity contribution is 5.95. The number of nitrogens with one attached hydrogen (secondary N) is 3. The molecule has 114 valence electrons. The number of carbonyl (C=O) groups is 2. The molecule has 3 N–H and O–H groups in total. The smallest absolute Gasteiger partial charge is 0.243 e. The largest absolute Gasteiger partial charge is 0.376 e. The van der Waals surface area contributed by atoms with Crippen molar-refractivity contribution in [3.05, 3.63) is 54.1 Å². The van der Waals surface area contributed by atoms with Crippen molar-refractivity contribution in [1.82, 2.24) is 0 Å². The van der Waals surface area contributed by atoms with E-state index in [4.69, 9.17) is 0 Å². The minimum atomic E-state index is -0.150. The van der Waals surface area contributed by atoms with Gasteiger partial charge in [0.15, 0.2) is 0 Å². The van der Waals surface area contributed by atoms with Gasteiger partial charge in [0, 0.05) is 24.0 Å². The lowest BCUT2D eigenvalue weighted by atomic mass is 10.2. The molecule has 0 aliphatic rings. The fourth-order valence-electron chi connectivity index (χ4n) is 2.03. The molecular weight excluding hydrogens is 278 g/mol. The summed E-state index contributed by atoms with van der Waals surface area (Å²) in [5, 5.41) is 8.57. The third-order valence-electron chi connectivity index (χ3n) is 3.05. The van der Waals surface area contributed by atoms with Crippen LogP contribution in [0.5, 0.6) is 0 Å². The summed E-state index contributed by atoms with van der Waals surface area (Å²) in [6.45, 7) is 3.60. The van der Waals surface area contributed by atoms with E-state index in [9.17, 15) is 9.59 Å². The number of hydrogen-bond donors (Lipinski definition) is 3. The van der Waals surface area contributed by atoms with Gasteiger partial charge in [0.25, 0.3) is 0 Å². The Bertz CT molecular complexity index is 683. The molecule has 5 nitrogen and oxygen atoms in total. The van der Waals surface area contributed by atoms with Crippen molar-refractivity contribution in [2.24, 2.45) is 0 Å². The van der Waals surface area contributed by atoms with Gasteiger partial charge in [-0.25, -0.2) is 0 Å². The predicted molar refractivity (Wildman–Crippen MR) is 89.0 cm³/mol. The summed E-state index contributed by atoms with van der Waals surface area (Å²) in [7, 11) is 0. The predicted octanol–water partition coefficient (Wildman–Crippen LogP) is 3.00. The van der Waals surface area contributed by atoms with Gasteiger partial charge in [0.1, 0.15) is 0 Å². The van der Waals surface area contributed by atoms with Crippen LogP contribution in [-0.2, 0) is 9.59 Å². The van der Waals surface area contributed by atoms with Crippen LogP contribution in [0.2, 0.25) is 0 Å². The Morgan fingerprint density at radius 2 is 1.64 bits per heavy atom. The fraction of sp³-hybridized carbons (Fsp3) is 0.176. The first-order chi connectivity index (χ1) is 10.5. The van der Waals surface area contributed by atoms with E-state index in [1.54, 1.807) is 24.3 Å². The summed E-state index contributed by atoms with van der Waals surface area (Å²) < 4.78 is 0. The molecule has 5 heteroatoms. The van der Waals surface area contributed by atoms with E-state index in [0.29, 0.717) is 11.4 Å². The zero-order chi connectivity index (χ0) is 15.9. The van der Waals surface area contributed by atoms with Crippen LogP contribution >= 0.6 is 0 Å². The minimum absolute atomic E-state index is 0.148. The van der Waals surface area contributed by atoms with Crippen molar-refractivity contribution >= 4 is 28.9 Å². The van der Waals surface area contributed by atoms with Gasteiger partial charge in [-0.3, -0.25) is 9.59 Å². The van der Waals surface area contributed by atoms with Crippen LogP contribution in [0.1, 0.15) is 12.5 Å². The Morgan fingerprint density at radius 1 is 0.955 bits per heavy atom. The Labute approximate surface area is 129 Å². The number of aryl methyl sites for hydroxylation is 1. The molecule has 2 aromatic rings. The van der Waals surface area contributed by atoms with Crippen LogP contribution in [0.3, 0.4) is 0 Å². The van der Waals surface area contributed by atoms with Crippen molar-refractivity contribution in [1.29, 1.82) is 0 Å². The molecule has 0 saturated heterocycles. The Balaban J connectivity index is 1.92. The zero-order valence-electron chi connectivity index (χ0n) is 12.6. The molecule has 0 radical (unpaired) electrons. The van der Waals surface area contributed by atoms with Gasteiger partial charge < -0.3 is 16.0 Å². The number of rotatable bonds is 5. The number of anilines is 3. The van der Waals surface area contributed by atoms with Gasteiger partial charge in [-0.2, -0.15) is 0 Å². The molecular formula is C17H19N3O2. The summed E-state index contributed by atoms with van der Waals surface area (Å²) in [5.41, 5.74) is 3.31. The number of amides is 2. The minimum Gasteiger partial charge on any atom is -0.376 e. The fourth-order valence-corrected chi connectivity index (χ4v) is 2.03. The maximum absolute atomic E-state index is 12.0. The van der Waals surface area contributed by atoms with Crippen LogP contribution in [0, 0.1) is 6.92 Å². The molecule has 2 aromatic carbocycles. The lowest BCUT2D eigenvalue weighted by Gasteiger charge is -2.10. The summed E-state index contributed by atoms with van der Waals surface area (Å²) in [6, 6.07) is 14.8. The second-order valence-corrected chi connectivity index (χ2v) is 4.98. The number of carbonyl (C=O) groups excluding carboxylic acids is 2. The lowest BCUT2D eigenvalue weighted by Crippen LogP contribution is -2.22. The second kappa shape index (κ2) is 7.26. The molecule has 22 heavy (non-hydrogen) atoms. The van der Waals surface area contributed by atoms with Crippen LogP contribution in [-0.4, -0.2) is 18.4 Å². The van der Waals surface area contributed by atoms with Crippen LogP contribution < -0.4 is 16.0 Å². The van der Waals surface area contributed by atoms with Crippen molar-refractivity contribution in [3.63, 3.8) is 0 Å². The first-order valence-electron chi connectivity index (χ1n) is 7.01. The van der Waals surface area contributed by atoms with E-state index < -0.39 is 0 Å². The average molecular weight is 297 g/mol. The molecule has 0 aliphatic carbocycles. The van der Waals surface area contributed by atoms with E-state index in [0.717, 1.165) is 11.3 Å².